The van der Waals surface area contributed by atoms with E-state index in [0.29, 0.717) is 17.3 Å². The monoisotopic (exact) mass is 393 g/mol. The smallest absolute Gasteiger partial charge is 0.238 e. The molecule has 0 saturated carbocycles. The van der Waals surface area contributed by atoms with E-state index in [1.807, 2.05) is 18.2 Å². The van der Waals surface area contributed by atoms with Crippen LogP contribution in [-0.4, -0.2) is 36.5 Å². The lowest BCUT2D eigenvalue weighted by Gasteiger charge is -2.29. The molecule has 2 rings (SSSR count). The fraction of sp³-hybridized carbons (Fsp3) is 0.462. The number of carbonyl (C=O) groups excluding carboxylic acids is 1. The van der Waals surface area contributed by atoms with E-state index < -0.39 is 0 Å². The van der Waals surface area contributed by atoms with Gasteiger partial charge in [0, 0.05) is 22.7 Å². The Morgan fingerprint density at radius 1 is 1.47 bits per heavy atom. The van der Waals surface area contributed by atoms with E-state index in [0.717, 1.165) is 29.5 Å². The second kappa shape index (κ2) is 6.88. The molecule has 1 saturated heterocycles. The zero-order valence-corrected chi connectivity index (χ0v) is 13.4. The van der Waals surface area contributed by atoms with Gasteiger partial charge in [-0.05, 0) is 53.6 Å². The number of piperidine rings is 1. The van der Waals surface area contributed by atoms with E-state index in [-0.39, 0.29) is 11.9 Å². The van der Waals surface area contributed by atoms with Crippen molar-refractivity contribution in [3.05, 3.63) is 26.8 Å². The molecule has 0 radical (unpaired) electrons. The zero-order valence-electron chi connectivity index (χ0n) is 10.5. The van der Waals surface area contributed by atoms with Gasteiger partial charge in [0.15, 0.2) is 0 Å². The van der Waals surface area contributed by atoms with Gasteiger partial charge in [0.2, 0.25) is 5.91 Å². The minimum atomic E-state index is -0.0291. The number of hydrogen-bond donors (Lipinski definition) is 2. The normalized spacial score (nSPS) is 17.4. The number of halogens is 2. The van der Waals surface area contributed by atoms with Crippen LogP contribution in [0.2, 0.25) is 5.02 Å². The largest absolute Gasteiger partial charge is 0.328 e. The second-order valence-electron chi connectivity index (χ2n) is 4.79. The Morgan fingerprint density at radius 3 is 2.79 bits per heavy atom. The van der Waals surface area contributed by atoms with Gasteiger partial charge < -0.3 is 11.1 Å². The number of anilines is 1. The number of nitrogens with zero attached hydrogens (tertiary/aromatic N) is 1. The van der Waals surface area contributed by atoms with Crippen LogP contribution in [0.3, 0.4) is 0 Å². The maximum atomic E-state index is 12.0. The van der Waals surface area contributed by atoms with E-state index in [1.165, 1.54) is 0 Å². The van der Waals surface area contributed by atoms with E-state index in [9.17, 15) is 4.79 Å². The summed E-state index contributed by atoms with van der Waals surface area (Å²) in [5.74, 6) is -0.0291. The van der Waals surface area contributed by atoms with Crippen molar-refractivity contribution in [3.8, 4) is 0 Å². The van der Waals surface area contributed by atoms with Crippen LogP contribution in [0.15, 0.2) is 18.2 Å². The topological polar surface area (TPSA) is 58.4 Å². The molecule has 19 heavy (non-hydrogen) atoms. The van der Waals surface area contributed by atoms with Gasteiger partial charge in [0.05, 0.1) is 17.3 Å². The standard InChI is InChI=1S/C13H17ClIN3O/c14-11-7-9(15)1-2-12(11)17-13(19)8-18-5-3-10(16)4-6-18/h1-2,7,10H,3-6,8,16H2,(H,17,19). The van der Waals surface area contributed by atoms with Crippen LogP contribution in [0.1, 0.15) is 12.8 Å². The van der Waals surface area contributed by atoms with E-state index in [2.05, 4.69) is 32.8 Å². The van der Waals surface area contributed by atoms with Crippen molar-refractivity contribution in [3.63, 3.8) is 0 Å². The van der Waals surface area contributed by atoms with E-state index in [4.69, 9.17) is 17.3 Å². The van der Waals surface area contributed by atoms with Crippen molar-refractivity contribution >= 4 is 45.8 Å². The van der Waals surface area contributed by atoms with Crippen molar-refractivity contribution in [2.75, 3.05) is 25.0 Å². The third-order valence-electron chi connectivity index (χ3n) is 3.20. The van der Waals surface area contributed by atoms with Gasteiger partial charge in [-0.25, -0.2) is 0 Å². The second-order valence-corrected chi connectivity index (χ2v) is 6.44. The van der Waals surface area contributed by atoms with Crippen LogP contribution in [0.25, 0.3) is 0 Å². The summed E-state index contributed by atoms with van der Waals surface area (Å²) in [6, 6.07) is 5.86. The van der Waals surface area contributed by atoms with Crippen molar-refractivity contribution in [2.45, 2.75) is 18.9 Å². The number of rotatable bonds is 3. The number of amides is 1. The molecule has 0 spiro atoms. The number of hydrogen-bond acceptors (Lipinski definition) is 3. The van der Waals surface area contributed by atoms with Gasteiger partial charge in [0.1, 0.15) is 0 Å². The molecule has 1 aromatic rings. The van der Waals surface area contributed by atoms with Crippen LogP contribution in [0.4, 0.5) is 5.69 Å². The molecule has 3 N–H and O–H groups in total. The first kappa shape index (κ1) is 15.0. The average Bonchev–Trinajstić information content (AvgIpc) is 2.36. The summed E-state index contributed by atoms with van der Waals surface area (Å²) < 4.78 is 1.05. The number of benzene rings is 1. The Balaban J connectivity index is 1.87. The van der Waals surface area contributed by atoms with E-state index >= 15 is 0 Å². The molecule has 0 unspecified atom stereocenters. The van der Waals surface area contributed by atoms with Crippen LogP contribution in [0.5, 0.6) is 0 Å². The molecule has 0 bridgehead atoms. The fourth-order valence-electron chi connectivity index (χ4n) is 2.09. The molecule has 6 heteroatoms. The zero-order chi connectivity index (χ0) is 13.8. The summed E-state index contributed by atoms with van der Waals surface area (Å²) in [5.41, 5.74) is 6.51. The Bertz CT molecular complexity index is 461. The highest BCUT2D eigenvalue weighted by molar-refractivity contribution is 14.1. The SMILES string of the molecule is NC1CCN(CC(=O)Nc2ccc(I)cc2Cl)CC1. The predicted molar refractivity (Wildman–Crippen MR) is 86.4 cm³/mol. The van der Waals surface area contributed by atoms with Crippen LogP contribution < -0.4 is 11.1 Å². The first-order chi connectivity index (χ1) is 9.04. The predicted octanol–water partition coefficient (Wildman–Crippen LogP) is 2.31. The maximum absolute atomic E-state index is 12.0. The lowest BCUT2D eigenvalue weighted by molar-refractivity contribution is -0.117. The van der Waals surface area contributed by atoms with Gasteiger partial charge >= 0.3 is 0 Å². The third kappa shape index (κ3) is 4.59. The van der Waals surface area contributed by atoms with Gasteiger partial charge in [-0.2, -0.15) is 0 Å². The summed E-state index contributed by atoms with van der Waals surface area (Å²) in [7, 11) is 0. The van der Waals surface area contributed by atoms with E-state index in [1.54, 1.807) is 0 Å². The molecule has 1 aliphatic rings. The molecule has 4 nitrogen and oxygen atoms in total. The first-order valence-corrected chi connectivity index (χ1v) is 7.73. The van der Waals surface area contributed by atoms with Crippen LogP contribution >= 0.6 is 34.2 Å². The minimum Gasteiger partial charge on any atom is -0.328 e. The number of nitrogens with two attached hydrogens (primary N) is 1. The van der Waals surface area contributed by atoms with Crippen molar-refractivity contribution < 1.29 is 4.79 Å². The highest BCUT2D eigenvalue weighted by Gasteiger charge is 2.18. The molecule has 0 aliphatic carbocycles. The number of carbonyl (C=O) groups is 1. The first-order valence-electron chi connectivity index (χ1n) is 6.27. The minimum absolute atomic E-state index is 0.0291. The van der Waals surface area contributed by atoms with Gasteiger partial charge in [0.25, 0.3) is 0 Å². The quantitative estimate of drug-likeness (QED) is 0.775. The number of likely N-dealkylation sites (tertiary alicyclic amines) is 1. The third-order valence-corrected chi connectivity index (χ3v) is 4.19. The van der Waals surface area contributed by atoms with Gasteiger partial charge in [-0.1, -0.05) is 11.6 Å². The summed E-state index contributed by atoms with van der Waals surface area (Å²) in [6.07, 6.45) is 1.91. The molecular weight excluding hydrogens is 377 g/mol. The molecule has 1 aromatic carbocycles. The Kier molecular flexibility index (Phi) is 5.44. The van der Waals surface area contributed by atoms with Crippen LogP contribution in [-0.2, 0) is 4.79 Å². The lowest BCUT2D eigenvalue weighted by Crippen LogP contribution is -2.43. The molecular formula is C13H17ClIN3O. The highest BCUT2D eigenvalue weighted by atomic mass is 127. The maximum Gasteiger partial charge on any atom is 0.238 e. The van der Waals surface area contributed by atoms with Crippen LogP contribution in [0, 0.1) is 3.57 Å². The molecule has 104 valence electrons. The summed E-state index contributed by atoms with van der Waals surface area (Å²) in [6.45, 7) is 2.17. The molecule has 0 aromatic heterocycles. The van der Waals surface area contributed by atoms with Gasteiger partial charge in [-0.15, -0.1) is 0 Å². The summed E-state index contributed by atoms with van der Waals surface area (Å²) in [4.78, 5) is 14.1. The Morgan fingerprint density at radius 2 is 2.16 bits per heavy atom. The average molecular weight is 394 g/mol. The van der Waals surface area contributed by atoms with Crippen molar-refractivity contribution in [1.29, 1.82) is 0 Å². The summed E-state index contributed by atoms with van der Waals surface area (Å²) in [5, 5.41) is 3.42. The Labute approximate surface area is 131 Å². The molecule has 1 heterocycles. The Hall–Kier alpha value is -0.370. The summed E-state index contributed by atoms with van der Waals surface area (Å²) >= 11 is 8.27. The molecule has 1 aliphatic heterocycles. The highest BCUT2D eigenvalue weighted by Crippen LogP contribution is 2.23. The number of nitrogens with one attached hydrogen (secondary N) is 1. The lowest BCUT2D eigenvalue weighted by atomic mass is 10.1. The fourth-order valence-corrected chi connectivity index (χ4v) is 3.00. The molecule has 0 atom stereocenters. The van der Waals surface area contributed by atoms with Crippen molar-refractivity contribution in [1.82, 2.24) is 4.90 Å². The van der Waals surface area contributed by atoms with Crippen molar-refractivity contribution in [2.24, 2.45) is 5.73 Å². The van der Waals surface area contributed by atoms with Gasteiger partial charge in [-0.3, -0.25) is 9.69 Å². The molecule has 1 fully saturated rings. The molecule has 1 amide bonds.